The fourth-order valence-corrected chi connectivity index (χ4v) is 2.45. The van der Waals surface area contributed by atoms with Crippen LogP contribution in [-0.2, 0) is 0 Å². The number of nitrogens with zero attached hydrogens (tertiary/aromatic N) is 2. The Bertz CT molecular complexity index is 174. The van der Waals surface area contributed by atoms with Crippen molar-refractivity contribution in [2.75, 3.05) is 39.8 Å². The number of nitrogens with one attached hydrogen (secondary N) is 1. The van der Waals surface area contributed by atoms with Gasteiger partial charge >= 0.3 is 0 Å². The number of hydrogen-bond donors (Lipinski definition) is 1. The van der Waals surface area contributed by atoms with Gasteiger partial charge in [0.25, 0.3) is 0 Å². The van der Waals surface area contributed by atoms with Crippen molar-refractivity contribution in [2.24, 2.45) is 0 Å². The van der Waals surface area contributed by atoms with Gasteiger partial charge in [-0.15, -0.1) is 0 Å². The zero-order chi connectivity index (χ0) is 12.0. The molecule has 1 aliphatic heterocycles. The van der Waals surface area contributed by atoms with Gasteiger partial charge in [-0.2, -0.15) is 0 Å². The average molecular weight is 227 g/mol. The third-order valence-corrected chi connectivity index (χ3v) is 3.75. The minimum Gasteiger partial charge on any atom is -0.320 e. The molecule has 0 aromatic rings. The molecule has 1 atom stereocenters. The van der Waals surface area contributed by atoms with Crippen molar-refractivity contribution in [3.63, 3.8) is 0 Å². The van der Waals surface area contributed by atoms with Crippen LogP contribution in [0, 0.1) is 0 Å². The molecular weight excluding hydrogens is 198 g/mol. The summed E-state index contributed by atoms with van der Waals surface area (Å²) in [6.45, 7) is 13.1. The van der Waals surface area contributed by atoms with Gasteiger partial charge < -0.3 is 5.32 Å². The maximum Gasteiger partial charge on any atom is 0.0113 e. The first-order valence-corrected chi connectivity index (χ1v) is 6.78. The molecule has 0 aromatic carbocycles. The van der Waals surface area contributed by atoms with Crippen molar-refractivity contribution in [3.8, 4) is 0 Å². The van der Waals surface area contributed by atoms with Crippen molar-refractivity contribution < 1.29 is 0 Å². The summed E-state index contributed by atoms with van der Waals surface area (Å²) in [4.78, 5) is 5.23. The van der Waals surface area contributed by atoms with Crippen LogP contribution in [0.2, 0.25) is 0 Å². The van der Waals surface area contributed by atoms with Gasteiger partial charge in [0.1, 0.15) is 0 Å². The van der Waals surface area contributed by atoms with E-state index in [4.69, 9.17) is 0 Å². The van der Waals surface area contributed by atoms with E-state index in [9.17, 15) is 0 Å². The molecule has 1 fully saturated rings. The van der Waals surface area contributed by atoms with Crippen molar-refractivity contribution in [1.82, 2.24) is 15.1 Å². The van der Waals surface area contributed by atoms with Gasteiger partial charge in [-0.1, -0.05) is 0 Å². The summed E-state index contributed by atoms with van der Waals surface area (Å²) < 4.78 is 0. The van der Waals surface area contributed by atoms with Gasteiger partial charge in [0.05, 0.1) is 0 Å². The van der Waals surface area contributed by atoms with Crippen LogP contribution in [0.15, 0.2) is 0 Å². The predicted octanol–water partition coefficient (Wildman–Crippen LogP) is 1.40. The van der Waals surface area contributed by atoms with Gasteiger partial charge in [0, 0.05) is 38.3 Å². The SMILES string of the molecule is CNCCCC(C)N1CCN(C(C)C)CC1. The zero-order valence-electron chi connectivity index (χ0n) is 11.5. The second kappa shape index (κ2) is 7.25. The standard InChI is InChI=1S/C13H29N3/c1-12(2)15-8-10-16(11-9-15)13(3)6-5-7-14-4/h12-14H,5-11H2,1-4H3. The minimum absolute atomic E-state index is 0.710. The van der Waals surface area contributed by atoms with Crippen LogP contribution in [0.4, 0.5) is 0 Å². The molecule has 1 heterocycles. The van der Waals surface area contributed by atoms with Crippen LogP contribution >= 0.6 is 0 Å². The smallest absolute Gasteiger partial charge is 0.0113 e. The molecule has 0 aliphatic carbocycles. The quantitative estimate of drug-likeness (QED) is 0.692. The molecule has 0 aromatic heterocycles. The molecule has 0 radical (unpaired) electrons. The van der Waals surface area contributed by atoms with Crippen molar-refractivity contribution >= 4 is 0 Å². The van der Waals surface area contributed by atoms with Crippen LogP contribution in [0.5, 0.6) is 0 Å². The Hall–Kier alpha value is -0.120. The molecule has 3 heteroatoms. The Kier molecular flexibility index (Phi) is 6.32. The van der Waals surface area contributed by atoms with E-state index in [1.165, 1.54) is 39.0 Å². The molecule has 0 bridgehead atoms. The van der Waals surface area contributed by atoms with Crippen LogP contribution in [-0.4, -0.2) is 61.7 Å². The van der Waals surface area contributed by atoms with E-state index in [2.05, 4.69) is 35.9 Å². The van der Waals surface area contributed by atoms with E-state index in [1.807, 2.05) is 7.05 Å². The van der Waals surface area contributed by atoms with Gasteiger partial charge in [-0.25, -0.2) is 0 Å². The topological polar surface area (TPSA) is 18.5 Å². The van der Waals surface area contributed by atoms with Crippen molar-refractivity contribution in [3.05, 3.63) is 0 Å². The highest BCUT2D eigenvalue weighted by Gasteiger charge is 2.21. The summed E-state index contributed by atoms with van der Waals surface area (Å²) in [5.41, 5.74) is 0. The van der Waals surface area contributed by atoms with Gasteiger partial charge in [-0.05, 0) is 47.2 Å². The van der Waals surface area contributed by atoms with E-state index < -0.39 is 0 Å². The summed E-state index contributed by atoms with van der Waals surface area (Å²) in [7, 11) is 2.03. The molecule has 3 nitrogen and oxygen atoms in total. The number of rotatable bonds is 6. The Labute approximate surface area is 101 Å². The fourth-order valence-electron chi connectivity index (χ4n) is 2.45. The summed E-state index contributed by atoms with van der Waals surface area (Å²) in [5.74, 6) is 0. The molecule has 16 heavy (non-hydrogen) atoms. The van der Waals surface area contributed by atoms with Crippen LogP contribution in [0.25, 0.3) is 0 Å². The van der Waals surface area contributed by atoms with Crippen LogP contribution in [0.1, 0.15) is 33.6 Å². The second-order valence-electron chi connectivity index (χ2n) is 5.26. The predicted molar refractivity (Wildman–Crippen MR) is 70.9 cm³/mol. The molecule has 1 N–H and O–H groups in total. The largest absolute Gasteiger partial charge is 0.320 e. The summed E-state index contributed by atoms with van der Waals surface area (Å²) >= 11 is 0. The molecule has 1 saturated heterocycles. The van der Waals surface area contributed by atoms with Crippen LogP contribution < -0.4 is 5.32 Å². The Morgan fingerprint density at radius 2 is 1.56 bits per heavy atom. The summed E-state index contributed by atoms with van der Waals surface area (Å²) in [6.07, 6.45) is 2.62. The summed E-state index contributed by atoms with van der Waals surface area (Å²) in [6, 6.07) is 1.46. The number of piperazine rings is 1. The van der Waals surface area contributed by atoms with Gasteiger partial charge in [-0.3, -0.25) is 9.80 Å². The lowest BCUT2D eigenvalue weighted by Crippen LogP contribution is -2.51. The van der Waals surface area contributed by atoms with Gasteiger partial charge in [0.15, 0.2) is 0 Å². The Morgan fingerprint density at radius 1 is 1.00 bits per heavy atom. The molecule has 0 amide bonds. The van der Waals surface area contributed by atoms with E-state index >= 15 is 0 Å². The average Bonchev–Trinajstić information content (AvgIpc) is 2.29. The summed E-state index contributed by atoms with van der Waals surface area (Å²) in [5, 5.41) is 3.22. The van der Waals surface area contributed by atoms with Crippen molar-refractivity contribution in [2.45, 2.75) is 45.7 Å². The zero-order valence-corrected chi connectivity index (χ0v) is 11.5. The molecular formula is C13H29N3. The lowest BCUT2D eigenvalue weighted by atomic mass is 10.1. The molecule has 0 saturated carbocycles. The molecule has 1 aliphatic rings. The highest BCUT2D eigenvalue weighted by atomic mass is 15.3. The lowest BCUT2D eigenvalue weighted by molar-refractivity contribution is 0.0801. The molecule has 1 rings (SSSR count). The lowest BCUT2D eigenvalue weighted by Gasteiger charge is -2.39. The third-order valence-electron chi connectivity index (χ3n) is 3.75. The minimum atomic E-state index is 0.710. The molecule has 96 valence electrons. The highest BCUT2D eigenvalue weighted by molar-refractivity contribution is 4.77. The first kappa shape index (κ1) is 13.9. The molecule has 0 spiro atoms. The van der Waals surface area contributed by atoms with E-state index in [0.29, 0.717) is 6.04 Å². The maximum atomic E-state index is 3.22. The molecule has 1 unspecified atom stereocenters. The number of hydrogen-bond acceptors (Lipinski definition) is 3. The van der Waals surface area contributed by atoms with E-state index in [-0.39, 0.29) is 0 Å². The monoisotopic (exact) mass is 227 g/mol. The van der Waals surface area contributed by atoms with Crippen LogP contribution in [0.3, 0.4) is 0 Å². The van der Waals surface area contributed by atoms with E-state index in [0.717, 1.165) is 12.6 Å². The normalized spacial score (nSPS) is 21.6. The Balaban J connectivity index is 2.19. The highest BCUT2D eigenvalue weighted by Crippen LogP contribution is 2.11. The van der Waals surface area contributed by atoms with Gasteiger partial charge in [0.2, 0.25) is 0 Å². The first-order chi connectivity index (χ1) is 7.65. The van der Waals surface area contributed by atoms with Crippen molar-refractivity contribution in [1.29, 1.82) is 0 Å². The third kappa shape index (κ3) is 4.40. The first-order valence-electron chi connectivity index (χ1n) is 6.78. The fraction of sp³-hybridized carbons (Fsp3) is 1.00. The second-order valence-corrected chi connectivity index (χ2v) is 5.26. The maximum absolute atomic E-state index is 3.22. The Morgan fingerprint density at radius 3 is 2.06 bits per heavy atom. The van der Waals surface area contributed by atoms with E-state index in [1.54, 1.807) is 0 Å².